The van der Waals surface area contributed by atoms with E-state index in [9.17, 15) is 13.2 Å². The summed E-state index contributed by atoms with van der Waals surface area (Å²) in [5.74, 6) is -1.39. The van der Waals surface area contributed by atoms with Crippen LogP contribution >= 0.6 is 0 Å². The molecule has 1 fully saturated rings. The maximum atomic E-state index is 12.6. The Hall–Kier alpha value is -0.290. The molecule has 0 aromatic rings. The Labute approximate surface area is 95.0 Å². The van der Waals surface area contributed by atoms with Crippen LogP contribution in [0.2, 0.25) is 0 Å². The third-order valence-corrected chi connectivity index (χ3v) is 3.55. The van der Waals surface area contributed by atoms with E-state index in [0.717, 1.165) is 19.3 Å². The van der Waals surface area contributed by atoms with Crippen molar-refractivity contribution in [1.29, 1.82) is 0 Å². The van der Waals surface area contributed by atoms with Crippen molar-refractivity contribution < 1.29 is 13.2 Å². The Balaban J connectivity index is 2.62. The van der Waals surface area contributed by atoms with E-state index in [1.165, 1.54) is 0 Å². The van der Waals surface area contributed by atoms with Crippen LogP contribution in [-0.2, 0) is 0 Å². The molecule has 96 valence electrons. The van der Waals surface area contributed by atoms with Gasteiger partial charge in [-0.1, -0.05) is 6.42 Å². The van der Waals surface area contributed by atoms with Gasteiger partial charge in [0, 0.05) is 25.2 Å². The predicted octanol–water partition coefficient (Wildman–Crippen LogP) is 2.39. The number of hydrogen-bond acceptors (Lipinski definition) is 2. The maximum Gasteiger partial charge on any atom is 0.394 e. The normalized spacial score (nSPS) is 30.4. The van der Waals surface area contributed by atoms with E-state index < -0.39 is 12.1 Å². The summed E-state index contributed by atoms with van der Waals surface area (Å²) in [6.07, 6.45) is -1.09. The van der Waals surface area contributed by atoms with Crippen molar-refractivity contribution in [2.24, 2.45) is 11.7 Å². The van der Waals surface area contributed by atoms with E-state index in [-0.39, 0.29) is 25.2 Å². The lowest BCUT2D eigenvalue weighted by molar-refractivity contribution is -0.179. The highest BCUT2D eigenvalue weighted by molar-refractivity contribution is 4.83. The van der Waals surface area contributed by atoms with Crippen LogP contribution < -0.4 is 5.73 Å². The molecular weight excluding hydrogens is 217 g/mol. The second-order valence-electron chi connectivity index (χ2n) is 4.80. The SMILES string of the molecule is C[C@@H]1CCC[C@H](C)N1CC(CN)C(F)(F)F. The van der Waals surface area contributed by atoms with Crippen LogP contribution in [0.3, 0.4) is 0 Å². The molecule has 5 heteroatoms. The highest BCUT2D eigenvalue weighted by Gasteiger charge is 2.41. The number of halogens is 3. The number of piperidine rings is 1. The van der Waals surface area contributed by atoms with Crippen molar-refractivity contribution in [1.82, 2.24) is 4.90 Å². The number of nitrogens with zero attached hydrogens (tertiary/aromatic N) is 1. The Kier molecular flexibility index (Phi) is 4.62. The van der Waals surface area contributed by atoms with Gasteiger partial charge in [0.2, 0.25) is 0 Å². The summed E-state index contributed by atoms with van der Waals surface area (Å²) in [6.45, 7) is 3.72. The molecule has 0 spiro atoms. The minimum atomic E-state index is -4.17. The number of likely N-dealkylation sites (tertiary alicyclic amines) is 1. The van der Waals surface area contributed by atoms with Crippen LogP contribution in [0, 0.1) is 5.92 Å². The molecule has 3 atom stereocenters. The van der Waals surface area contributed by atoms with Crippen molar-refractivity contribution in [3.63, 3.8) is 0 Å². The molecule has 0 amide bonds. The van der Waals surface area contributed by atoms with Gasteiger partial charge in [0.1, 0.15) is 0 Å². The number of nitrogens with two attached hydrogens (primary N) is 1. The lowest BCUT2D eigenvalue weighted by Gasteiger charge is -2.41. The first-order valence-corrected chi connectivity index (χ1v) is 5.88. The van der Waals surface area contributed by atoms with Crippen LogP contribution in [0.5, 0.6) is 0 Å². The lowest BCUT2D eigenvalue weighted by atomic mass is 9.95. The van der Waals surface area contributed by atoms with Crippen LogP contribution in [0.25, 0.3) is 0 Å². The number of rotatable bonds is 3. The molecule has 1 saturated heterocycles. The van der Waals surface area contributed by atoms with Crippen LogP contribution in [-0.4, -0.2) is 36.2 Å². The van der Waals surface area contributed by atoms with Crippen molar-refractivity contribution in [2.75, 3.05) is 13.1 Å². The smallest absolute Gasteiger partial charge is 0.330 e. The summed E-state index contributed by atoms with van der Waals surface area (Å²) in [5.41, 5.74) is 5.22. The lowest BCUT2D eigenvalue weighted by Crippen LogP contribution is -2.49. The molecule has 2 nitrogen and oxygen atoms in total. The molecule has 16 heavy (non-hydrogen) atoms. The molecule has 0 aromatic heterocycles. The van der Waals surface area contributed by atoms with Gasteiger partial charge < -0.3 is 5.73 Å². The van der Waals surface area contributed by atoms with Crippen LogP contribution in [0.15, 0.2) is 0 Å². The minimum absolute atomic E-state index is 0.0440. The Morgan fingerprint density at radius 3 is 2.12 bits per heavy atom. The van der Waals surface area contributed by atoms with Gasteiger partial charge in [0.25, 0.3) is 0 Å². The molecule has 0 saturated carbocycles. The highest BCUT2D eigenvalue weighted by atomic mass is 19.4. The molecular formula is C11H21F3N2. The fourth-order valence-corrected chi connectivity index (χ4v) is 2.40. The standard InChI is InChI=1S/C11H21F3N2/c1-8-4-3-5-9(2)16(8)7-10(6-15)11(12,13)14/h8-10H,3-7,15H2,1-2H3/t8-,9+,10?. The monoisotopic (exact) mass is 238 g/mol. The molecule has 1 rings (SSSR count). The summed E-state index contributed by atoms with van der Waals surface area (Å²) < 4.78 is 37.9. The van der Waals surface area contributed by atoms with Gasteiger partial charge in [-0.15, -0.1) is 0 Å². The van der Waals surface area contributed by atoms with Crippen molar-refractivity contribution >= 4 is 0 Å². The molecule has 0 aromatic carbocycles. The van der Waals surface area contributed by atoms with Crippen molar-refractivity contribution in [2.45, 2.75) is 51.4 Å². The first-order chi connectivity index (χ1) is 7.36. The van der Waals surface area contributed by atoms with Crippen molar-refractivity contribution in [3.8, 4) is 0 Å². The molecule has 1 unspecified atom stereocenters. The van der Waals surface area contributed by atoms with Gasteiger partial charge in [-0.05, 0) is 26.7 Å². The fraction of sp³-hybridized carbons (Fsp3) is 1.00. The third kappa shape index (κ3) is 3.35. The van der Waals surface area contributed by atoms with E-state index in [4.69, 9.17) is 5.73 Å². The maximum absolute atomic E-state index is 12.6. The third-order valence-electron chi connectivity index (χ3n) is 3.55. The van der Waals surface area contributed by atoms with Gasteiger partial charge in [-0.2, -0.15) is 13.2 Å². The number of alkyl halides is 3. The molecule has 0 radical (unpaired) electrons. The molecule has 0 bridgehead atoms. The van der Waals surface area contributed by atoms with Gasteiger partial charge in [0.05, 0.1) is 5.92 Å². The second-order valence-corrected chi connectivity index (χ2v) is 4.80. The summed E-state index contributed by atoms with van der Waals surface area (Å²) in [5, 5.41) is 0. The van der Waals surface area contributed by atoms with E-state index in [0.29, 0.717) is 0 Å². The largest absolute Gasteiger partial charge is 0.394 e. The Morgan fingerprint density at radius 2 is 1.75 bits per heavy atom. The van der Waals surface area contributed by atoms with E-state index in [1.54, 1.807) is 0 Å². The zero-order valence-corrected chi connectivity index (χ0v) is 9.93. The van der Waals surface area contributed by atoms with Crippen LogP contribution in [0.4, 0.5) is 13.2 Å². The van der Waals surface area contributed by atoms with Gasteiger partial charge in [-0.3, -0.25) is 4.90 Å². The summed E-state index contributed by atoms with van der Waals surface area (Å²) in [6, 6.07) is 0.472. The van der Waals surface area contributed by atoms with Crippen LogP contribution in [0.1, 0.15) is 33.1 Å². The number of hydrogen-bond donors (Lipinski definition) is 1. The first-order valence-electron chi connectivity index (χ1n) is 5.88. The zero-order valence-electron chi connectivity index (χ0n) is 9.93. The Morgan fingerprint density at radius 1 is 1.25 bits per heavy atom. The quantitative estimate of drug-likeness (QED) is 0.818. The topological polar surface area (TPSA) is 29.3 Å². The summed E-state index contributed by atoms with van der Waals surface area (Å²) >= 11 is 0. The van der Waals surface area contributed by atoms with E-state index in [1.807, 2.05) is 18.7 Å². The zero-order chi connectivity index (χ0) is 12.3. The minimum Gasteiger partial charge on any atom is -0.330 e. The summed E-state index contributed by atoms with van der Waals surface area (Å²) in [7, 11) is 0. The molecule has 1 aliphatic rings. The summed E-state index contributed by atoms with van der Waals surface area (Å²) in [4.78, 5) is 1.95. The van der Waals surface area contributed by atoms with E-state index in [2.05, 4.69) is 0 Å². The van der Waals surface area contributed by atoms with Gasteiger partial charge in [0.15, 0.2) is 0 Å². The average Bonchev–Trinajstić information content (AvgIpc) is 2.15. The van der Waals surface area contributed by atoms with Gasteiger partial charge in [-0.25, -0.2) is 0 Å². The molecule has 1 heterocycles. The highest BCUT2D eigenvalue weighted by Crippen LogP contribution is 2.30. The van der Waals surface area contributed by atoms with E-state index >= 15 is 0 Å². The van der Waals surface area contributed by atoms with Gasteiger partial charge >= 0.3 is 6.18 Å². The first kappa shape index (κ1) is 13.8. The Bertz CT molecular complexity index is 208. The second kappa shape index (κ2) is 5.36. The van der Waals surface area contributed by atoms with Crippen molar-refractivity contribution in [3.05, 3.63) is 0 Å². The molecule has 1 aliphatic heterocycles. The predicted molar refractivity (Wildman–Crippen MR) is 58.1 cm³/mol. The molecule has 0 aliphatic carbocycles. The molecule has 2 N–H and O–H groups in total. The average molecular weight is 238 g/mol. The fourth-order valence-electron chi connectivity index (χ4n) is 2.40.